The van der Waals surface area contributed by atoms with E-state index in [9.17, 15) is 8.78 Å². The number of pyridine rings is 1. The summed E-state index contributed by atoms with van der Waals surface area (Å²) in [4.78, 5) is 4.04. The van der Waals surface area contributed by atoms with Gasteiger partial charge in [-0.15, -0.1) is 10.2 Å². The lowest BCUT2D eigenvalue weighted by atomic mass is 10.2. The van der Waals surface area contributed by atoms with Gasteiger partial charge in [0.2, 0.25) is 0 Å². The van der Waals surface area contributed by atoms with E-state index in [0.717, 1.165) is 23.4 Å². The second-order valence-electron chi connectivity index (χ2n) is 6.36. The molecule has 2 aromatic carbocycles. The predicted molar refractivity (Wildman–Crippen MR) is 112 cm³/mol. The summed E-state index contributed by atoms with van der Waals surface area (Å²) >= 11 is 1.54. The number of thioether (sulfide) groups is 1. The Kier molecular flexibility index (Phi) is 6.34. The number of hydrogen-bond acceptors (Lipinski definition) is 5. The predicted octanol–water partition coefficient (Wildman–Crippen LogP) is 5.17. The number of hydrogen-bond donors (Lipinski definition) is 0. The number of ether oxygens (including phenoxy) is 1. The molecule has 4 rings (SSSR count). The molecule has 0 amide bonds. The van der Waals surface area contributed by atoms with Crippen LogP contribution in [0.15, 0.2) is 78.2 Å². The molecule has 0 aliphatic rings. The van der Waals surface area contributed by atoms with Gasteiger partial charge in [0, 0.05) is 29.4 Å². The topological polar surface area (TPSA) is 52.8 Å². The van der Waals surface area contributed by atoms with E-state index in [2.05, 4.69) is 15.2 Å². The second kappa shape index (κ2) is 9.49. The van der Waals surface area contributed by atoms with Crippen LogP contribution in [0.3, 0.4) is 0 Å². The minimum atomic E-state index is -0.301. The first kappa shape index (κ1) is 20.0. The monoisotopic (exact) mass is 424 g/mol. The van der Waals surface area contributed by atoms with Crippen LogP contribution in [0, 0.1) is 11.6 Å². The Hall–Kier alpha value is -3.26. The van der Waals surface area contributed by atoms with Crippen molar-refractivity contribution in [2.45, 2.75) is 11.6 Å². The summed E-state index contributed by atoms with van der Waals surface area (Å²) in [5.74, 6) is 1.45. The molecule has 0 aliphatic carbocycles. The SMILES string of the molecule is Fc1ccc(OCCCSc2nnc(-c3ccncc3)n2-c2ccc(F)cc2)cc1. The Labute approximate surface area is 176 Å². The maximum absolute atomic E-state index is 13.4. The summed E-state index contributed by atoms with van der Waals surface area (Å²) in [5, 5.41) is 9.38. The zero-order valence-corrected chi connectivity index (χ0v) is 16.7. The van der Waals surface area contributed by atoms with E-state index in [0.29, 0.717) is 23.3 Å². The van der Waals surface area contributed by atoms with Gasteiger partial charge in [-0.2, -0.15) is 0 Å². The van der Waals surface area contributed by atoms with E-state index in [4.69, 9.17) is 4.74 Å². The van der Waals surface area contributed by atoms with Crippen LogP contribution >= 0.6 is 11.8 Å². The van der Waals surface area contributed by atoms with Crippen LogP contribution in [-0.4, -0.2) is 32.1 Å². The van der Waals surface area contributed by atoms with Gasteiger partial charge in [-0.1, -0.05) is 11.8 Å². The molecule has 2 heterocycles. The zero-order chi connectivity index (χ0) is 20.8. The summed E-state index contributed by atoms with van der Waals surface area (Å²) in [7, 11) is 0. The van der Waals surface area contributed by atoms with Crippen LogP contribution in [0.25, 0.3) is 17.1 Å². The molecule has 5 nitrogen and oxygen atoms in total. The molecule has 0 aliphatic heterocycles. The molecule has 0 bridgehead atoms. The van der Waals surface area contributed by atoms with E-state index in [-0.39, 0.29) is 11.6 Å². The highest BCUT2D eigenvalue weighted by atomic mass is 32.2. The van der Waals surface area contributed by atoms with Crippen molar-refractivity contribution in [3.63, 3.8) is 0 Å². The van der Waals surface area contributed by atoms with Gasteiger partial charge in [-0.25, -0.2) is 8.78 Å². The van der Waals surface area contributed by atoms with Crippen LogP contribution in [0.4, 0.5) is 8.78 Å². The molecule has 0 fully saturated rings. The summed E-state index contributed by atoms with van der Waals surface area (Å²) in [6.07, 6.45) is 4.15. The lowest BCUT2D eigenvalue weighted by Gasteiger charge is -2.10. The molecule has 0 unspecified atom stereocenters. The van der Waals surface area contributed by atoms with Crippen molar-refractivity contribution < 1.29 is 13.5 Å². The van der Waals surface area contributed by atoms with Gasteiger partial charge in [-0.3, -0.25) is 9.55 Å². The molecule has 2 aromatic heterocycles. The Bertz CT molecular complexity index is 1090. The Morgan fingerprint density at radius 3 is 2.20 bits per heavy atom. The molecule has 0 saturated heterocycles. The Morgan fingerprint density at radius 1 is 0.833 bits per heavy atom. The molecule has 0 spiro atoms. The number of aromatic nitrogens is 4. The minimum absolute atomic E-state index is 0.289. The van der Waals surface area contributed by atoms with Crippen LogP contribution in [0.2, 0.25) is 0 Å². The van der Waals surface area contributed by atoms with Gasteiger partial charge < -0.3 is 4.74 Å². The first-order valence-corrected chi connectivity index (χ1v) is 10.3. The van der Waals surface area contributed by atoms with Crippen molar-refractivity contribution in [1.82, 2.24) is 19.7 Å². The summed E-state index contributed by atoms with van der Waals surface area (Å²) in [6.45, 7) is 0.501. The number of nitrogens with zero attached hydrogens (tertiary/aromatic N) is 4. The van der Waals surface area contributed by atoms with Crippen molar-refractivity contribution in [3.05, 3.63) is 84.7 Å². The van der Waals surface area contributed by atoms with Gasteiger partial charge in [0.1, 0.15) is 17.4 Å². The van der Waals surface area contributed by atoms with Gasteiger partial charge in [0.05, 0.1) is 6.61 Å². The normalized spacial score (nSPS) is 10.9. The summed E-state index contributed by atoms with van der Waals surface area (Å²) in [5.41, 5.74) is 1.64. The fourth-order valence-corrected chi connectivity index (χ4v) is 3.68. The Morgan fingerprint density at radius 2 is 1.50 bits per heavy atom. The molecule has 8 heteroatoms. The first-order valence-electron chi connectivity index (χ1n) is 9.33. The lowest BCUT2D eigenvalue weighted by molar-refractivity contribution is 0.318. The van der Waals surface area contributed by atoms with Crippen molar-refractivity contribution in [2.75, 3.05) is 12.4 Å². The van der Waals surface area contributed by atoms with Gasteiger partial charge >= 0.3 is 0 Å². The molecule has 152 valence electrons. The Balaban J connectivity index is 1.46. The third-order valence-corrected chi connectivity index (χ3v) is 5.27. The van der Waals surface area contributed by atoms with Crippen molar-refractivity contribution in [2.24, 2.45) is 0 Å². The maximum atomic E-state index is 13.4. The van der Waals surface area contributed by atoms with Crippen LogP contribution in [-0.2, 0) is 0 Å². The van der Waals surface area contributed by atoms with Crippen molar-refractivity contribution in [3.8, 4) is 22.8 Å². The van der Waals surface area contributed by atoms with E-state index >= 15 is 0 Å². The molecule has 4 aromatic rings. The third-order valence-electron chi connectivity index (χ3n) is 4.26. The largest absolute Gasteiger partial charge is 0.494 e. The smallest absolute Gasteiger partial charge is 0.196 e. The van der Waals surface area contributed by atoms with Gasteiger partial charge in [0.25, 0.3) is 0 Å². The van der Waals surface area contributed by atoms with E-state index in [1.807, 2.05) is 16.7 Å². The highest BCUT2D eigenvalue weighted by Gasteiger charge is 2.16. The van der Waals surface area contributed by atoms with Crippen LogP contribution < -0.4 is 4.74 Å². The quantitative estimate of drug-likeness (QED) is 0.289. The third kappa shape index (κ3) is 4.83. The van der Waals surface area contributed by atoms with Gasteiger partial charge in [-0.05, 0) is 67.1 Å². The molecular formula is C22H18F2N4OS. The molecule has 0 radical (unpaired) electrons. The first-order chi connectivity index (χ1) is 14.7. The second-order valence-corrected chi connectivity index (χ2v) is 7.42. The van der Waals surface area contributed by atoms with E-state index < -0.39 is 0 Å². The van der Waals surface area contributed by atoms with Gasteiger partial charge in [0.15, 0.2) is 11.0 Å². The zero-order valence-electron chi connectivity index (χ0n) is 15.9. The van der Waals surface area contributed by atoms with Crippen LogP contribution in [0.1, 0.15) is 6.42 Å². The number of benzene rings is 2. The average Bonchev–Trinajstić information content (AvgIpc) is 3.20. The number of rotatable bonds is 8. The maximum Gasteiger partial charge on any atom is 0.196 e. The fraction of sp³-hybridized carbons (Fsp3) is 0.136. The minimum Gasteiger partial charge on any atom is -0.494 e. The van der Waals surface area contributed by atoms with Crippen LogP contribution in [0.5, 0.6) is 5.75 Å². The molecule has 0 saturated carbocycles. The van der Waals surface area contributed by atoms with E-state index in [1.54, 1.807) is 36.7 Å². The van der Waals surface area contributed by atoms with Crippen molar-refractivity contribution >= 4 is 11.8 Å². The fourth-order valence-electron chi connectivity index (χ4n) is 2.82. The average molecular weight is 424 g/mol. The summed E-state index contributed by atoms with van der Waals surface area (Å²) in [6, 6.07) is 15.9. The van der Waals surface area contributed by atoms with Crippen molar-refractivity contribution in [1.29, 1.82) is 0 Å². The number of halogens is 2. The highest BCUT2D eigenvalue weighted by molar-refractivity contribution is 7.99. The lowest BCUT2D eigenvalue weighted by Crippen LogP contribution is -2.02. The van der Waals surface area contributed by atoms with E-state index in [1.165, 1.54) is 36.0 Å². The molecule has 30 heavy (non-hydrogen) atoms. The molecule has 0 atom stereocenters. The standard InChI is InChI=1S/C22H18F2N4OS/c23-17-2-6-19(7-3-17)28-21(16-10-12-25-13-11-16)26-27-22(28)30-15-1-14-29-20-8-4-18(24)5-9-20/h2-13H,1,14-15H2. The molecule has 0 N–H and O–H groups in total. The summed E-state index contributed by atoms with van der Waals surface area (Å²) < 4.78 is 33.9. The molecular weight excluding hydrogens is 406 g/mol. The highest BCUT2D eigenvalue weighted by Crippen LogP contribution is 2.28.